The molecule has 0 atom stereocenters. The summed E-state index contributed by atoms with van der Waals surface area (Å²) in [5.74, 6) is -0.0625. The molecule has 0 aromatic heterocycles. The molecule has 3 nitrogen and oxygen atoms in total. The van der Waals surface area contributed by atoms with E-state index < -0.39 is 5.97 Å². The van der Waals surface area contributed by atoms with Crippen molar-refractivity contribution in [2.24, 2.45) is 0 Å². The molecule has 0 aliphatic carbocycles. The summed E-state index contributed by atoms with van der Waals surface area (Å²) in [5.41, 5.74) is 0.879. The molecule has 0 unspecified atom stereocenters. The number of esters is 1. The molecule has 3 heteroatoms. The number of hydrogen-bond donors (Lipinski definition) is 0. The number of carbonyl (C=O) groups excluding carboxylic acids is 2. The zero-order chi connectivity index (χ0) is 10.6. The fourth-order valence-electron chi connectivity index (χ4n) is 0.809. The van der Waals surface area contributed by atoms with Crippen LogP contribution in [0.1, 0.15) is 17.3 Å². The predicted octanol–water partition coefficient (Wildman–Crippen LogP) is 1.98. The van der Waals surface area contributed by atoms with Gasteiger partial charge in [-0.2, -0.15) is 0 Å². The minimum absolute atomic E-state index is 0.337. The fraction of sp³-hybridized carbons (Fsp3) is 0.0909. The van der Waals surface area contributed by atoms with Gasteiger partial charge in [-0.1, -0.05) is 6.58 Å². The van der Waals surface area contributed by atoms with Crippen molar-refractivity contribution in [1.82, 2.24) is 0 Å². The normalized spacial score (nSPS) is 9.21. The largest absolute Gasteiger partial charge is 0.423 e. The van der Waals surface area contributed by atoms with Gasteiger partial charge in [-0.15, -0.1) is 0 Å². The van der Waals surface area contributed by atoms with Crippen molar-refractivity contribution in [3.05, 3.63) is 42.0 Å². The van der Waals surface area contributed by atoms with Crippen molar-refractivity contribution in [1.29, 1.82) is 0 Å². The zero-order valence-corrected chi connectivity index (χ0v) is 7.82. The maximum atomic E-state index is 11.1. The van der Waals surface area contributed by atoms with E-state index in [9.17, 15) is 9.59 Å². The smallest absolute Gasteiger partial charge is 0.338 e. The molecule has 1 rings (SSSR count). The van der Waals surface area contributed by atoms with Crippen LogP contribution in [0.3, 0.4) is 0 Å². The Balaban J connectivity index is 2.73. The van der Waals surface area contributed by atoms with E-state index in [1.807, 2.05) is 0 Å². The number of ether oxygens (including phenoxy) is 1. The zero-order valence-electron chi connectivity index (χ0n) is 7.82. The van der Waals surface area contributed by atoms with Gasteiger partial charge in [0, 0.05) is 11.1 Å². The Morgan fingerprint density at radius 1 is 1.36 bits per heavy atom. The van der Waals surface area contributed by atoms with Gasteiger partial charge in [0.25, 0.3) is 0 Å². The summed E-state index contributed by atoms with van der Waals surface area (Å²) in [6.45, 7) is 5.03. The Morgan fingerprint density at radius 3 is 2.36 bits per heavy atom. The first-order valence-electron chi connectivity index (χ1n) is 4.06. The van der Waals surface area contributed by atoms with Gasteiger partial charge in [0.1, 0.15) is 12.0 Å². The van der Waals surface area contributed by atoms with E-state index in [4.69, 9.17) is 4.74 Å². The van der Waals surface area contributed by atoms with Gasteiger partial charge >= 0.3 is 5.97 Å². The number of carbonyl (C=O) groups is 2. The van der Waals surface area contributed by atoms with Crippen molar-refractivity contribution >= 4 is 12.3 Å². The standard InChI is InChI=1S/C11H10O3/c1-8(2)11(13)14-10-5-3-9(7-12)4-6-10/h3-7H,1H2,2H3. The second-order valence-electron chi connectivity index (χ2n) is 2.86. The van der Waals surface area contributed by atoms with Gasteiger partial charge in [-0.25, -0.2) is 4.79 Å². The molecule has 0 aliphatic rings. The van der Waals surface area contributed by atoms with Gasteiger partial charge in [0.2, 0.25) is 0 Å². The fourth-order valence-corrected chi connectivity index (χ4v) is 0.809. The average molecular weight is 190 g/mol. The monoisotopic (exact) mass is 190 g/mol. The topological polar surface area (TPSA) is 43.4 Å². The number of hydrogen-bond acceptors (Lipinski definition) is 3. The Kier molecular flexibility index (Phi) is 3.18. The van der Waals surface area contributed by atoms with E-state index in [1.54, 1.807) is 31.2 Å². The van der Waals surface area contributed by atoms with Crippen LogP contribution in [0.5, 0.6) is 5.75 Å². The molecule has 1 aromatic carbocycles. The van der Waals surface area contributed by atoms with Crippen LogP contribution in [-0.4, -0.2) is 12.3 Å². The number of rotatable bonds is 3. The molecule has 0 fully saturated rings. The molecule has 0 radical (unpaired) electrons. The second kappa shape index (κ2) is 4.37. The first-order chi connectivity index (χ1) is 6.63. The molecule has 72 valence electrons. The van der Waals surface area contributed by atoms with Crippen molar-refractivity contribution in [2.75, 3.05) is 0 Å². The molecule has 0 heterocycles. The number of benzene rings is 1. The maximum absolute atomic E-state index is 11.1. The second-order valence-corrected chi connectivity index (χ2v) is 2.86. The molecular weight excluding hydrogens is 180 g/mol. The quantitative estimate of drug-likeness (QED) is 0.317. The van der Waals surface area contributed by atoms with Gasteiger partial charge in [-0.3, -0.25) is 4.79 Å². The maximum Gasteiger partial charge on any atom is 0.338 e. The van der Waals surface area contributed by atoms with E-state index in [2.05, 4.69) is 6.58 Å². The molecule has 14 heavy (non-hydrogen) atoms. The lowest BCUT2D eigenvalue weighted by Gasteiger charge is -2.02. The van der Waals surface area contributed by atoms with E-state index in [0.29, 0.717) is 16.9 Å². The van der Waals surface area contributed by atoms with Gasteiger partial charge in [0.15, 0.2) is 0 Å². The summed E-state index contributed by atoms with van der Waals surface area (Å²) in [6, 6.07) is 6.28. The molecule has 0 saturated heterocycles. The first kappa shape index (κ1) is 10.2. The third-order valence-electron chi connectivity index (χ3n) is 1.58. The van der Waals surface area contributed by atoms with Crippen LogP contribution in [0.4, 0.5) is 0 Å². The summed E-state index contributed by atoms with van der Waals surface area (Å²) in [7, 11) is 0. The van der Waals surface area contributed by atoms with E-state index in [1.165, 1.54) is 0 Å². The van der Waals surface area contributed by atoms with Crippen LogP contribution in [0.2, 0.25) is 0 Å². The Hall–Kier alpha value is -1.90. The molecule has 0 N–H and O–H groups in total. The third-order valence-corrected chi connectivity index (χ3v) is 1.58. The Labute approximate surface area is 82.0 Å². The lowest BCUT2D eigenvalue weighted by molar-refractivity contribution is -0.130. The predicted molar refractivity (Wildman–Crippen MR) is 52.3 cm³/mol. The SMILES string of the molecule is C=C(C)C(=O)Oc1ccc(C=O)cc1. The van der Waals surface area contributed by atoms with Gasteiger partial charge in [-0.05, 0) is 31.2 Å². The highest BCUT2D eigenvalue weighted by Crippen LogP contribution is 2.12. The van der Waals surface area contributed by atoms with Crippen LogP contribution >= 0.6 is 0 Å². The van der Waals surface area contributed by atoms with Crippen LogP contribution in [0.15, 0.2) is 36.4 Å². The summed E-state index contributed by atoms with van der Waals surface area (Å²) in [4.78, 5) is 21.4. The summed E-state index contributed by atoms with van der Waals surface area (Å²) < 4.78 is 4.92. The van der Waals surface area contributed by atoms with E-state index in [0.717, 1.165) is 6.29 Å². The lowest BCUT2D eigenvalue weighted by atomic mass is 10.2. The minimum atomic E-state index is -0.469. The average Bonchev–Trinajstić information content (AvgIpc) is 2.19. The highest BCUT2D eigenvalue weighted by atomic mass is 16.5. The van der Waals surface area contributed by atoms with E-state index in [-0.39, 0.29) is 0 Å². The molecular formula is C11H10O3. The third kappa shape index (κ3) is 2.55. The summed E-state index contributed by atoms with van der Waals surface area (Å²) in [5, 5.41) is 0. The summed E-state index contributed by atoms with van der Waals surface area (Å²) in [6.07, 6.45) is 0.727. The minimum Gasteiger partial charge on any atom is -0.423 e. The Bertz CT molecular complexity index is 363. The van der Waals surface area contributed by atoms with E-state index >= 15 is 0 Å². The highest BCUT2D eigenvalue weighted by Gasteiger charge is 2.04. The lowest BCUT2D eigenvalue weighted by Crippen LogP contribution is -2.07. The highest BCUT2D eigenvalue weighted by molar-refractivity contribution is 5.88. The van der Waals surface area contributed by atoms with Crippen molar-refractivity contribution in [2.45, 2.75) is 6.92 Å². The van der Waals surface area contributed by atoms with Gasteiger partial charge in [0.05, 0.1) is 0 Å². The van der Waals surface area contributed by atoms with Crippen LogP contribution < -0.4 is 4.74 Å². The van der Waals surface area contributed by atoms with Gasteiger partial charge < -0.3 is 4.74 Å². The number of aldehydes is 1. The molecule has 0 spiro atoms. The molecule has 0 aliphatic heterocycles. The Morgan fingerprint density at radius 2 is 1.93 bits per heavy atom. The van der Waals surface area contributed by atoms with Crippen LogP contribution in [-0.2, 0) is 4.79 Å². The first-order valence-corrected chi connectivity index (χ1v) is 4.06. The van der Waals surface area contributed by atoms with Crippen molar-refractivity contribution < 1.29 is 14.3 Å². The van der Waals surface area contributed by atoms with Crippen LogP contribution in [0.25, 0.3) is 0 Å². The van der Waals surface area contributed by atoms with Crippen LogP contribution in [0, 0.1) is 0 Å². The van der Waals surface area contributed by atoms with Crippen molar-refractivity contribution in [3.8, 4) is 5.75 Å². The summed E-state index contributed by atoms with van der Waals surface area (Å²) >= 11 is 0. The molecule has 0 saturated carbocycles. The molecule has 1 aromatic rings. The molecule has 0 amide bonds. The van der Waals surface area contributed by atoms with Crippen molar-refractivity contribution in [3.63, 3.8) is 0 Å². The molecule has 0 bridgehead atoms.